The van der Waals surface area contributed by atoms with Crippen LogP contribution in [0.5, 0.6) is 0 Å². The summed E-state index contributed by atoms with van der Waals surface area (Å²) in [5, 5.41) is 7.01. The largest absolute Gasteiger partial charge is 0.465 e. The van der Waals surface area contributed by atoms with E-state index >= 15 is 0 Å². The van der Waals surface area contributed by atoms with Gasteiger partial charge in [-0.1, -0.05) is 0 Å². The summed E-state index contributed by atoms with van der Waals surface area (Å²) >= 11 is 0. The minimum Gasteiger partial charge on any atom is -0.465 e. The smallest absolute Gasteiger partial charge is 0.325 e. The van der Waals surface area contributed by atoms with Gasteiger partial charge in [-0.25, -0.2) is 4.79 Å². The van der Waals surface area contributed by atoms with E-state index in [1.807, 2.05) is 18.5 Å². The standard InChI is InChI=1S/C15H26N4O3/c1-6-19-12(4)13(11(3)17-19)8-9-18(5)15(21)16-10-14(20)22-7-2/h6-10H2,1-5H3,(H,16,21). The number of aromatic nitrogens is 2. The molecule has 1 aromatic heterocycles. The summed E-state index contributed by atoms with van der Waals surface area (Å²) in [6, 6.07) is -0.286. The molecule has 0 saturated carbocycles. The lowest BCUT2D eigenvalue weighted by Crippen LogP contribution is -2.41. The van der Waals surface area contributed by atoms with Crippen molar-refractivity contribution in [1.82, 2.24) is 20.0 Å². The molecule has 0 radical (unpaired) electrons. The van der Waals surface area contributed by atoms with Crippen molar-refractivity contribution in [3.05, 3.63) is 17.0 Å². The fourth-order valence-corrected chi connectivity index (χ4v) is 2.28. The van der Waals surface area contributed by atoms with E-state index in [0.717, 1.165) is 24.4 Å². The van der Waals surface area contributed by atoms with Crippen molar-refractivity contribution >= 4 is 12.0 Å². The first-order valence-electron chi connectivity index (χ1n) is 7.58. The van der Waals surface area contributed by atoms with Crippen molar-refractivity contribution < 1.29 is 14.3 Å². The van der Waals surface area contributed by atoms with Crippen LogP contribution in [-0.4, -0.2) is 53.4 Å². The van der Waals surface area contributed by atoms with Crippen molar-refractivity contribution in [3.8, 4) is 0 Å². The number of carbonyl (C=O) groups is 2. The molecular formula is C15H26N4O3. The molecule has 7 heteroatoms. The first kappa shape index (κ1) is 18.0. The van der Waals surface area contributed by atoms with Crippen LogP contribution >= 0.6 is 0 Å². The molecule has 2 amide bonds. The second-order valence-corrected chi connectivity index (χ2v) is 5.10. The number of rotatable bonds is 7. The van der Waals surface area contributed by atoms with Crippen molar-refractivity contribution in [2.24, 2.45) is 0 Å². The van der Waals surface area contributed by atoms with Crippen molar-refractivity contribution in [3.63, 3.8) is 0 Å². The molecule has 0 atom stereocenters. The number of nitrogens with one attached hydrogen (secondary N) is 1. The van der Waals surface area contributed by atoms with Gasteiger partial charge in [0, 0.05) is 25.8 Å². The van der Waals surface area contributed by atoms with Gasteiger partial charge in [-0.2, -0.15) is 5.10 Å². The molecule has 0 fully saturated rings. The molecule has 0 saturated heterocycles. The summed E-state index contributed by atoms with van der Waals surface area (Å²) in [6.45, 7) is 9.40. The summed E-state index contributed by atoms with van der Waals surface area (Å²) in [4.78, 5) is 24.7. The molecule has 1 aromatic rings. The van der Waals surface area contributed by atoms with Crippen molar-refractivity contribution in [1.29, 1.82) is 0 Å². The van der Waals surface area contributed by atoms with Crippen LogP contribution < -0.4 is 5.32 Å². The van der Waals surface area contributed by atoms with E-state index in [9.17, 15) is 9.59 Å². The van der Waals surface area contributed by atoms with Gasteiger partial charge < -0.3 is 15.0 Å². The van der Waals surface area contributed by atoms with Crippen LogP contribution in [0.25, 0.3) is 0 Å². The Morgan fingerprint density at radius 3 is 2.55 bits per heavy atom. The van der Waals surface area contributed by atoms with Crippen LogP contribution in [-0.2, 0) is 22.5 Å². The van der Waals surface area contributed by atoms with Crippen LogP contribution in [0.1, 0.15) is 30.8 Å². The molecule has 1 heterocycles. The number of esters is 1. The Kier molecular flexibility index (Phi) is 6.88. The summed E-state index contributed by atoms with van der Waals surface area (Å²) in [6.07, 6.45) is 0.737. The monoisotopic (exact) mass is 310 g/mol. The van der Waals surface area contributed by atoms with Crippen LogP contribution in [0.15, 0.2) is 0 Å². The Hall–Kier alpha value is -2.05. The van der Waals surface area contributed by atoms with E-state index in [0.29, 0.717) is 13.2 Å². The Bertz CT molecular complexity index is 525. The number of aryl methyl sites for hydroxylation is 2. The predicted molar refractivity (Wildman–Crippen MR) is 83.7 cm³/mol. The fraction of sp³-hybridized carbons (Fsp3) is 0.667. The molecule has 124 valence electrons. The van der Waals surface area contributed by atoms with Gasteiger partial charge in [-0.05, 0) is 39.7 Å². The zero-order chi connectivity index (χ0) is 16.7. The quantitative estimate of drug-likeness (QED) is 0.769. The molecule has 7 nitrogen and oxygen atoms in total. The van der Waals surface area contributed by atoms with E-state index in [1.54, 1.807) is 18.9 Å². The number of hydrogen-bond acceptors (Lipinski definition) is 4. The topological polar surface area (TPSA) is 76.5 Å². The number of amides is 2. The molecule has 1 N–H and O–H groups in total. The highest BCUT2D eigenvalue weighted by Crippen LogP contribution is 2.13. The molecular weight excluding hydrogens is 284 g/mol. The molecule has 0 bridgehead atoms. The third-order valence-corrected chi connectivity index (χ3v) is 3.56. The third-order valence-electron chi connectivity index (χ3n) is 3.56. The van der Waals surface area contributed by atoms with Gasteiger partial charge >= 0.3 is 12.0 Å². The summed E-state index contributed by atoms with van der Waals surface area (Å²) < 4.78 is 6.73. The number of ether oxygens (including phenoxy) is 1. The molecule has 0 aliphatic rings. The fourth-order valence-electron chi connectivity index (χ4n) is 2.28. The molecule has 0 unspecified atom stereocenters. The SMILES string of the molecule is CCOC(=O)CNC(=O)N(C)CCc1c(C)nn(CC)c1C. The average Bonchev–Trinajstić information content (AvgIpc) is 2.76. The molecule has 0 aromatic carbocycles. The van der Waals surface area contributed by atoms with Gasteiger partial charge in [0.15, 0.2) is 0 Å². The Morgan fingerprint density at radius 2 is 2.00 bits per heavy atom. The second-order valence-electron chi connectivity index (χ2n) is 5.10. The summed E-state index contributed by atoms with van der Waals surface area (Å²) in [5.74, 6) is -0.430. The summed E-state index contributed by atoms with van der Waals surface area (Å²) in [5.41, 5.74) is 3.31. The van der Waals surface area contributed by atoms with E-state index < -0.39 is 5.97 Å². The first-order chi connectivity index (χ1) is 10.4. The van der Waals surface area contributed by atoms with E-state index in [-0.39, 0.29) is 12.6 Å². The van der Waals surface area contributed by atoms with Crippen LogP contribution in [0.3, 0.4) is 0 Å². The van der Waals surface area contributed by atoms with Gasteiger partial charge in [0.05, 0.1) is 12.3 Å². The van der Waals surface area contributed by atoms with Crippen LogP contribution in [0, 0.1) is 13.8 Å². The number of likely N-dealkylation sites (N-methyl/N-ethyl adjacent to an activating group) is 1. The lowest BCUT2D eigenvalue weighted by Gasteiger charge is -2.17. The number of urea groups is 1. The lowest BCUT2D eigenvalue weighted by molar-refractivity contribution is -0.141. The number of nitrogens with zero attached hydrogens (tertiary/aromatic N) is 3. The summed E-state index contributed by atoms with van der Waals surface area (Å²) in [7, 11) is 1.70. The molecule has 0 aliphatic carbocycles. The maximum atomic E-state index is 11.9. The number of hydrogen-bond donors (Lipinski definition) is 1. The minimum atomic E-state index is -0.430. The predicted octanol–water partition coefficient (Wildman–Crippen LogP) is 1.27. The highest BCUT2D eigenvalue weighted by atomic mass is 16.5. The van der Waals surface area contributed by atoms with Gasteiger partial charge in [-0.3, -0.25) is 9.48 Å². The van der Waals surface area contributed by atoms with Gasteiger partial charge in [0.1, 0.15) is 6.54 Å². The second kappa shape index (κ2) is 8.41. The molecule has 22 heavy (non-hydrogen) atoms. The zero-order valence-electron chi connectivity index (χ0n) is 14.1. The van der Waals surface area contributed by atoms with Crippen molar-refractivity contribution in [2.45, 2.75) is 40.7 Å². The van der Waals surface area contributed by atoms with E-state index in [2.05, 4.69) is 17.3 Å². The van der Waals surface area contributed by atoms with Gasteiger partial charge in [0.25, 0.3) is 0 Å². The Morgan fingerprint density at radius 1 is 1.32 bits per heavy atom. The molecule has 0 spiro atoms. The lowest BCUT2D eigenvalue weighted by atomic mass is 10.1. The minimum absolute atomic E-state index is 0.108. The average molecular weight is 310 g/mol. The van der Waals surface area contributed by atoms with E-state index in [1.165, 1.54) is 5.56 Å². The van der Waals surface area contributed by atoms with E-state index in [4.69, 9.17) is 4.74 Å². The van der Waals surface area contributed by atoms with Gasteiger partial charge in [0.2, 0.25) is 0 Å². The molecule has 0 aliphatic heterocycles. The van der Waals surface area contributed by atoms with Crippen LogP contribution in [0.4, 0.5) is 4.79 Å². The Balaban J connectivity index is 2.48. The normalized spacial score (nSPS) is 10.4. The van der Waals surface area contributed by atoms with Crippen LogP contribution in [0.2, 0.25) is 0 Å². The maximum absolute atomic E-state index is 11.9. The first-order valence-corrected chi connectivity index (χ1v) is 7.58. The zero-order valence-corrected chi connectivity index (χ0v) is 14.1. The highest BCUT2D eigenvalue weighted by molar-refractivity contribution is 5.80. The van der Waals surface area contributed by atoms with Crippen molar-refractivity contribution in [2.75, 3.05) is 26.7 Å². The molecule has 1 rings (SSSR count). The van der Waals surface area contributed by atoms with Gasteiger partial charge in [-0.15, -0.1) is 0 Å². The maximum Gasteiger partial charge on any atom is 0.325 e. The Labute approximate surface area is 131 Å². The number of carbonyl (C=O) groups excluding carboxylic acids is 2. The third kappa shape index (κ3) is 4.75. The highest BCUT2D eigenvalue weighted by Gasteiger charge is 2.14.